The molecule has 0 aromatic carbocycles. The second-order valence-corrected chi connectivity index (χ2v) is 6.43. The second kappa shape index (κ2) is 4.30. The molecule has 1 aliphatic heterocycles. The molecular formula is C14H26N2. The molecular weight excluding hydrogens is 196 g/mol. The molecule has 2 heteroatoms. The molecule has 0 radical (unpaired) electrons. The first kappa shape index (κ1) is 11.0. The van der Waals surface area contributed by atoms with Gasteiger partial charge in [-0.1, -0.05) is 13.8 Å². The van der Waals surface area contributed by atoms with E-state index in [0.29, 0.717) is 0 Å². The largest absolute Gasteiger partial charge is 0.298 e. The second-order valence-electron chi connectivity index (χ2n) is 6.43. The molecule has 2 saturated carbocycles. The molecule has 0 aromatic heterocycles. The zero-order chi connectivity index (χ0) is 11.1. The Bertz CT molecular complexity index is 233. The van der Waals surface area contributed by atoms with Gasteiger partial charge in [-0.3, -0.25) is 9.80 Å². The van der Waals surface area contributed by atoms with Crippen molar-refractivity contribution in [2.75, 3.05) is 26.2 Å². The van der Waals surface area contributed by atoms with Crippen LogP contribution in [0.5, 0.6) is 0 Å². The SMILES string of the molecule is CC(C)[C@H]1C[C@H](N2CCN(C3CC3)CC2)C1. The molecule has 0 bridgehead atoms. The fraction of sp³-hybridized carbons (Fsp3) is 1.00. The molecule has 2 nitrogen and oxygen atoms in total. The molecule has 2 aliphatic carbocycles. The summed E-state index contributed by atoms with van der Waals surface area (Å²) in [6.07, 6.45) is 5.89. The predicted octanol–water partition coefficient (Wildman–Crippen LogP) is 2.20. The molecule has 0 spiro atoms. The van der Waals surface area contributed by atoms with Gasteiger partial charge in [0.2, 0.25) is 0 Å². The minimum absolute atomic E-state index is 0.906. The van der Waals surface area contributed by atoms with Gasteiger partial charge in [0.25, 0.3) is 0 Å². The van der Waals surface area contributed by atoms with Gasteiger partial charge in [0.15, 0.2) is 0 Å². The van der Waals surface area contributed by atoms with E-state index < -0.39 is 0 Å². The highest BCUT2D eigenvalue weighted by molar-refractivity contribution is 4.93. The Morgan fingerprint density at radius 2 is 1.31 bits per heavy atom. The van der Waals surface area contributed by atoms with Crippen LogP contribution >= 0.6 is 0 Å². The van der Waals surface area contributed by atoms with E-state index >= 15 is 0 Å². The molecule has 16 heavy (non-hydrogen) atoms. The first-order valence-electron chi connectivity index (χ1n) is 7.22. The summed E-state index contributed by atoms with van der Waals surface area (Å²) in [7, 11) is 0. The van der Waals surface area contributed by atoms with E-state index in [4.69, 9.17) is 0 Å². The number of rotatable bonds is 3. The molecule has 0 N–H and O–H groups in total. The maximum atomic E-state index is 2.76. The molecule has 0 amide bonds. The zero-order valence-corrected chi connectivity index (χ0v) is 10.9. The van der Waals surface area contributed by atoms with E-state index in [1.54, 1.807) is 0 Å². The predicted molar refractivity (Wildman–Crippen MR) is 67.5 cm³/mol. The van der Waals surface area contributed by atoms with Crippen molar-refractivity contribution in [3.63, 3.8) is 0 Å². The summed E-state index contributed by atoms with van der Waals surface area (Å²) in [5.74, 6) is 1.93. The normalized spacial score (nSPS) is 37.7. The smallest absolute Gasteiger partial charge is 0.0113 e. The van der Waals surface area contributed by atoms with E-state index in [-0.39, 0.29) is 0 Å². The van der Waals surface area contributed by atoms with Crippen LogP contribution in [0.3, 0.4) is 0 Å². The molecule has 3 aliphatic rings. The topological polar surface area (TPSA) is 6.48 Å². The van der Waals surface area contributed by atoms with Crippen molar-refractivity contribution in [3.8, 4) is 0 Å². The Balaban J connectivity index is 1.41. The summed E-state index contributed by atoms with van der Waals surface area (Å²) in [6.45, 7) is 10.1. The summed E-state index contributed by atoms with van der Waals surface area (Å²) < 4.78 is 0. The average molecular weight is 222 g/mol. The average Bonchev–Trinajstić information content (AvgIpc) is 2.99. The molecule has 92 valence electrons. The van der Waals surface area contributed by atoms with E-state index in [1.165, 1.54) is 51.9 Å². The van der Waals surface area contributed by atoms with Crippen LogP contribution in [-0.2, 0) is 0 Å². The molecule has 0 aromatic rings. The Morgan fingerprint density at radius 1 is 0.812 bits per heavy atom. The Kier molecular flexibility index (Phi) is 2.97. The van der Waals surface area contributed by atoms with Gasteiger partial charge < -0.3 is 0 Å². The van der Waals surface area contributed by atoms with E-state index in [1.807, 2.05) is 0 Å². The van der Waals surface area contributed by atoms with Crippen molar-refractivity contribution < 1.29 is 0 Å². The third kappa shape index (κ3) is 2.14. The maximum absolute atomic E-state index is 2.76. The quantitative estimate of drug-likeness (QED) is 0.722. The monoisotopic (exact) mass is 222 g/mol. The highest BCUT2D eigenvalue weighted by Crippen LogP contribution is 2.37. The van der Waals surface area contributed by atoms with Crippen LogP contribution in [0.1, 0.15) is 39.5 Å². The van der Waals surface area contributed by atoms with Crippen LogP contribution in [-0.4, -0.2) is 48.1 Å². The van der Waals surface area contributed by atoms with E-state index in [2.05, 4.69) is 23.6 Å². The standard InChI is InChI=1S/C14H26N2/c1-11(2)12-9-14(10-12)16-7-5-15(6-8-16)13-3-4-13/h11-14H,3-10H2,1-2H3/t12-,14-. The lowest BCUT2D eigenvalue weighted by Gasteiger charge is -2.47. The van der Waals surface area contributed by atoms with Crippen molar-refractivity contribution in [2.45, 2.75) is 51.6 Å². The molecule has 3 fully saturated rings. The van der Waals surface area contributed by atoms with Crippen LogP contribution < -0.4 is 0 Å². The van der Waals surface area contributed by atoms with Crippen molar-refractivity contribution >= 4 is 0 Å². The lowest BCUT2D eigenvalue weighted by molar-refractivity contribution is 0.0175. The van der Waals surface area contributed by atoms with Crippen LogP contribution in [0.2, 0.25) is 0 Å². The van der Waals surface area contributed by atoms with Crippen LogP contribution in [0.25, 0.3) is 0 Å². The van der Waals surface area contributed by atoms with Gasteiger partial charge in [0.05, 0.1) is 0 Å². The number of piperazine rings is 1. The minimum Gasteiger partial charge on any atom is -0.298 e. The van der Waals surface area contributed by atoms with Crippen LogP contribution in [0.15, 0.2) is 0 Å². The number of nitrogens with zero attached hydrogens (tertiary/aromatic N) is 2. The highest BCUT2D eigenvalue weighted by atomic mass is 15.3. The summed E-state index contributed by atoms with van der Waals surface area (Å²) in [5, 5.41) is 0. The number of hydrogen-bond donors (Lipinski definition) is 0. The molecule has 3 rings (SSSR count). The molecule has 0 unspecified atom stereocenters. The summed E-state index contributed by atoms with van der Waals surface area (Å²) >= 11 is 0. The third-order valence-electron chi connectivity index (χ3n) is 5.02. The minimum atomic E-state index is 0.906. The summed E-state index contributed by atoms with van der Waals surface area (Å²) in [4.78, 5) is 5.48. The first-order valence-corrected chi connectivity index (χ1v) is 7.22. The first-order chi connectivity index (χ1) is 7.74. The third-order valence-corrected chi connectivity index (χ3v) is 5.02. The fourth-order valence-corrected chi connectivity index (χ4v) is 3.38. The lowest BCUT2D eigenvalue weighted by Crippen LogP contribution is -2.54. The van der Waals surface area contributed by atoms with Gasteiger partial charge in [-0.15, -0.1) is 0 Å². The highest BCUT2D eigenvalue weighted by Gasteiger charge is 2.38. The van der Waals surface area contributed by atoms with Crippen molar-refractivity contribution in [2.24, 2.45) is 11.8 Å². The summed E-state index contributed by atoms with van der Waals surface area (Å²) in [5.41, 5.74) is 0. The molecule has 1 heterocycles. The Morgan fingerprint density at radius 3 is 1.75 bits per heavy atom. The van der Waals surface area contributed by atoms with E-state index in [9.17, 15) is 0 Å². The van der Waals surface area contributed by atoms with Crippen molar-refractivity contribution in [1.82, 2.24) is 9.80 Å². The fourth-order valence-electron chi connectivity index (χ4n) is 3.38. The Labute approximate surface area is 100.0 Å². The summed E-state index contributed by atoms with van der Waals surface area (Å²) in [6, 6.07) is 1.92. The van der Waals surface area contributed by atoms with Crippen molar-refractivity contribution in [3.05, 3.63) is 0 Å². The molecule has 1 saturated heterocycles. The van der Waals surface area contributed by atoms with Gasteiger partial charge in [-0.05, 0) is 37.5 Å². The van der Waals surface area contributed by atoms with Crippen molar-refractivity contribution in [1.29, 1.82) is 0 Å². The number of hydrogen-bond acceptors (Lipinski definition) is 2. The zero-order valence-electron chi connectivity index (χ0n) is 10.9. The van der Waals surface area contributed by atoms with E-state index in [0.717, 1.165) is 23.9 Å². The maximum Gasteiger partial charge on any atom is 0.0113 e. The van der Waals surface area contributed by atoms with Gasteiger partial charge in [-0.2, -0.15) is 0 Å². The van der Waals surface area contributed by atoms with Gasteiger partial charge in [-0.25, -0.2) is 0 Å². The lowest BCUT2D eigenvalue weighted by atomic mass is 9.73. The van der Waals surface area contributed by atoms with Crippen LogP contribution in [0, 0.1) is 11.8 Å². The van der Waals surface area contributed by atoms with Gasteiger partial charge in [0.1, 0.15) is 0 Å². The van der Waals surface area contributed by atoms with Crippen LogP contribution in [0.4, 0.5) is 0 Å². The van der Waals surface area contributed by atoms with Gasteiger partial charge >= 0.3 is 0 Å². The van der Waals surface area contributed by atoms with Gasteiger partial charge in [0, 0.05) is 38.3 Å². The molecule has 0 atom stereocenters. The Hall–Kier alpha value is -0.0800.